The Labute approximate surface area is 122 Å². The summed E-state index contributed by atoms with van der Waals surface area (Å²) >= 11 is 1.29. The molecule has 0 spiro atoms. The number of halogens is 1. The molecule has 7 heteroatoms. The van der Waals surface area contributed by atoms with Crippen LogP contribution in [0.1, 0.15) is 5.56 Å². The maximum atomic E-state index is 13.1. The largest absolute Gasteiger partial charge is 0.488 e. The first-order chi connectivity index (χ1) is 10.1. The van der Waals surface area contributed by atoms with Gasteiger partial charge in [0.05, 0.1) is 0 Å². The monoisotopic (exact) mass is 303 g/mol. The van der Waals surface area contributed by atoms with Gasteiger partial charge in [-0.1, -0.05) is 36.0 Å². The Hall–Kier alpha value is -2.41. The zero-order chi connectivity index (χ0) is 14.8. The van der Waals surface area contributed by atoms with E-state index in [0.29, 0.717) is 10.9 Å². The van der Waals surface area contributed by atoms with E-state index in [1.165, 1.54) is 23.9 Å². The fraction of sp³-hybridized carbons (Fsp3) is 0.0714. The van der Waals surface area contributed by atoms with Gasteiger partial charge in [-0.2, -0.15) is 4.98 Å². The van der Waals surface area contributed by atoms with Crippen LogP contribution in [0, 0.1) is 5.82 Å². The molecule has 3 rings (SSSR count). The van der Waals surface area contributed by atoms with Gasteiger partial charge in [0.25, 0.3) is 5.88 Å². The van der Waals surface area contributed by atoms with Gasteiger partial charge in [-0.25, -0.2) is 4.39 Å². The molecule has 0 saturated heterocycles. The Morgan fingerprint density at radius 3 is 2.76 bits per heavy atom. The summed E-state index contributed by atoms with van der Waals surface area (Å²) in [5, 5.41) is 17.1. The fourth-order valence-electron chi connectivity index (χ4n) is 1.89. The third kappa shape index (κ3) is 3.03. The van der Waals surface area contributed by atoms with Gasteiger partial charge in [-0.3, -0.25) is 9.89 Å². The van der Waals surface area contributed by atoms with Gasteiger partial charge in [0.15, 0.2) is 5.16 Å². The number of H-pyrrole nitrogens is 1. The van der Waals surface area contributed by atoms with Crippen LogP contribution >= 0.6 is 11.8 Å². The molecule has 106 valence electrons. The third-order valence-corrected chi connectivity index (χ3v) is 3.83. The number of aromatic nitrogens is 3. The molecule has 0 fully saturated rings. The van der Waals surface area contributed by atoms with E-state index in [0.717, 1.165) is 16.3 Å². The number of aromatic amines is 1. The first-order valence-electron chi connectivity index (χ1n) is 6.08. The van der Waals surface area contributed by atoms with Crippen LogP contribution in [-0.4, -0.2) is 20.3 Å². The molecule has 0 radical (unpaired) electrons. The molecule has 1 aromatic heterocycles. The van der Waals surface area contributed by atoms with Crippen LogP contribution < -0.4 is 5.56 Å². The second kappa shape index (κ2) is 5.53. The summed E-state index contributed by atoms with van der Waals surface area (Å²) < 4.78 is 13.1. The molecule has 0 amide bonds. The highest BCUT2D eigenvalue weighted by Gasteiger charge is 2.04. The number of aromatic hydroxyl groups is 1. The van der Waals surface area contributed by atoms with Crippen molar-refractivity contribution >= 4 is 22.5 Å². The lowest BCUT2D eigenvalue weighted by Gasteiger charge is -2.03. The number of hydrogen-bond donors (Lipinski definition) is 2. The van der Waals surface area contributed by atoms with Crippen molar-refractivity contribution in [3.05, 3.63) is 58.1 Å². The average molecular weight is 303 g/mol. The quantitative estimate of drug-likeness (QED) is 0.727. The molecule has 0 unspecified atom stereocenters. The van der Waals surface area contributed by atoms with Crippen LogP contribution in [0.5, 0.6) is 5.88 Å². The van der Waals surface area contributed by atoms with Gasteiger partial charge in [0, 0.05) is 5.75 Å². The smallest absolute Gasteiger partial charge is 0.336 e. The van der Waals surface area contributed by atoms with E-state index in [2.05, 4.69) is 15.2 Å². The highest BCUT2D eigenvalue weighted by atomic mass is 32.2. The first-order valence-corrected chi connectivity index (χ1v) is 7.07. The number of benzene rings is 2. The first kappa shape index (κ1) is 13.6. The summed E-state index contributed by atoms with van der Waals surface area (Å²) in [6, 6.07) is 10.3. The summed E-state index contributed by atoms with van der Waals surface area (Å²) in [7, 11) is 0. The average Bonchev–Trinajstić information content (AvgIpc) is 2.48. The van der Waals surface area contributed by atoms with Crippen molar-refractivity contribution in [3.63, 3.8) is 0 Å². The topological polar surface area (TPSA) is 78.9 Å². The molecule has 0 atom stereocenters. The van der Waals surface area contributed by atoms with Crippen molar-refractivity contribution < 1.29 is 9.50 Å². The lowest BCUT2D eigenvalue weighted by molar-refractivity contribution is 0.428. The van der Waals surface area contributed by atoms with Crippen molar-refractivity contribution in [3.8, 4) is 5.88 Å². The van der Waals surface area contributed by atoms with Crippen molar-refractivity contribution in [2.75, 3.05) is 0 Å². The number of nitrogens with zero attached hydrogens (tertiary/aromatic N) is 2. The normalized spacial score (nSPS) is 10.9. The van der Waals surface area contributed by atoms with Crippen molar-refractivity contribution in [1.82, 2.24) is 15.2 Å². The molecular formula is C14H10FN3O2S. The molecular weight excluding hydrogens is 293 g/mol. The van der Waals surface area contributed by atoms with E-state index in [-0.39, 0.29) is 5.82 Å². The molecule has 0 aliphatic heterocycles. The van der Waals surface area contributed by atoms with Crippen LogP contribution in [-0.2, 0) is 5.75 Å². The second-order valence-electron chi connectivity index (χ2n) is 4.38. The molecule has 3 aromatic rings. The fourth-order valence-corrected chi connectivity index (χ4v) is 2.63. The SMILES string of the molecule is O=c1nc(SCc2ccc3cc(F)ccc3c2)[nH]nc1O. The van der Waals surface area contributed by atoms with Crippen molar-refractivity contribution in [2.24, 2.45) is 0 Å². The predicted octanol–water partition coefficient (Wildman–Crippen LogP) is 2.46. The lowest BCUT2D eigenvalue weighted by atomic mass is 10.1. The standard InChI is InChI=1S/C14H10FN3O2S/c15-11-4-3-9-5-8(1-2-10(9)6-11)7-21-14-16-12(19)13(20)17-18-14/h1-6H,7H2,(H,17,20)(H,16,18,19). The minimum absolute atomic E-state index is 0.262. The molecule has 1 heterocycles. The number of hydrogen-bond acceptors (Lipinski definition) is 5. The molecule has 5 nitrogen and oxygen atoms in total. The maximum absolute atomic E-state index is 13.1. The molecule has 2 aromatic carbocycles. The van der Waals surface area contributed by atoms with E-state index in [1.54, 1.807) is 6.07 Å². The Morgan fingerprint density at radius 2 is 1.95 bits per heavy atom. The van der Waals surface area contributed by atoms with Gasteiger partial charge in [0.2, 0.25) is 0 Å². The van der Waals surface area contributed by atoms with Gasteiger partial charge in [0.1, 0.15) is 5.82 Å². The summed E-state index contributed by atoms with van der Waals surface area (Å²) in [6.07, 6.45) is 0. The molecule has 0 aliphatic rings. The second-order valence-corrected chi connectivity index (χ2v) is 5.35. The van der Waals surface area contributed by atoms with Gasteiger partial charge >= 0.3 is 5.56 Å². The van der Waals surface area contributed by atoms with E-state index < -0.39 is 11.4 Å². The molecule has 0 aliphatic carbocycles. The molecule has 0 saturated carbocycles. The Balaban J connectivity index is 1.80. The Kier molecular flexibility index (Phi) is 3.57. The van der Waals surface area contributed by atoms with Crippen molar-refractivity contribution in [2.45, 2.75) is 10.9 Å². The zero-order valence-electron chi connectivity index (χ0n) is 10.7. The van der Waals surface area contributed by atoms with Gasteiger partial charge in [-0.15, -0.1) is 5.10 Å². The Bertz CT molecular complexity index is 866. The van der Waals surface area contributed by atoms with E-state index in [1.807, 2.05) is 18.2 Å². The lowest BCUT2D eigenvalue weighted by Crippen LogP contribution is -2.09. The number of thioether (sulfide) groups is 1. The number of fused-ring (bicyclic) bond motifs is 1. The highest BCUT2D eigenvalue weighted by molar-refractivity contribution is 7.98. The number of rotatable bonds is 3. The minimum atomic E-state index is -0.759. The highest BCUT2D eigenvalue weighted by Crippen LogP contribution is 2.22. The maximum Gasteiger partial charge on any atom is 0.336 e. The van der Waals surface area contributed by atoms with Gasteiger partial charge in [-0.05, 0) is 28.5 Å². The molecule has 0 bridgehead atoms. The summed E-state index contributed by atoms with van der Waals surface area (Å²) in [5.41, 5.74) is 0.250. The van der Waals surface area contributed by atoms with Crippen LogP contribution in [0.2, 0.25) is 0 Å². The minimum Gasteiger partial charge on any atom is -0.488 e. The summed E-state index contributed by atoms with van der Waals surface area (Å²) in [4.78, 5) is 14.8. The van der Waals surface area contributed by atoms with Crippen LogP contribution in [0.25, 0.3) is 10.8 Å². The van der Waals surface area contributed by atoms with Crippen LogP contribution in [0.4, 0.5) is 4.39 Å². The van der Waals surface area contributed by atoms with E-state index in [9.17, 15) is 9.18 Å². The van der Waals surface area contributed by atoms with E-state index in [4.69, 9.17) is 5.11 Å². The Morgan fingerprint density at radius 1 is 1.19 bits per heavy atom. The zero-order valence-corrected chi connectivity index (χ0v) is 11.5. The summed E-state index contributed by atoms with van der Waals surface area (Å²) in [5.74, 6) is -0.337. The van der Waals surface area contributed by atoms with Crippen LogP contribution in [0.3, 0.4) is 0 Å². The van der Waals surface area contributed by atoms with Gasteiger partial charge < -0.3 is 5.11 Å². The predicted molar refractivity (Wildman–Crippen MR) is 77.8 cm³/mol. The van der Waals surface area contributed by atoms with Crippen LogP contribution in [0.15, 0.2) is 46.3 Å². The van der Waals surface area contributed by atoms with E-state index >= 15 is 0 Å². The molecule has 21 heavy (non-hydrogen) atoms. The molecule has 2 N–H and O–H groups in total. The van der Waals surface area contributed by atoms with Crippen molar-refractivity contribution in [1.29, 1.82) is 0 Å². The third-order valence-electron chi connectivity index (χ3n) is 2.89. The number of nitrogens with one attached hydrogen (secondary N) is 1. The summed E-state index contributed by atoms with van der Waals surface area (Å²) in [6.45, 7) is 0.